The average Bonchev–Trinajstić information content (AvgIpc) is 2.58. The molecule has 0 spiro atoms. The van der Waals surface area contributed by atoms with Crippen LogP contribution in [0.15, 0.2) is 22.9 Å². The van der Waals surface area contributed by atoms with Crippen molar-refractivity contribution in [2.24, 2.45) is 12.8 Å². The number of benzene rings is 1. The van der Waals surface area contributed by atoms with Gasteiger partial charge in [-0.15, -0.1) is 0 Å². The lowest BCUT2D eigenvalue weighted by Gasteiger charge is -2.11. The number of fused-ring (bicyclic) bond motifs is 1. The van der Waals surface area contributed by atoms with Gasteiger partial charge in [0, 0.05) is 11.5 Å². The molecule has 1 aromatic heterocycles. The van der Waals surface area contributed by atoms with Gasteiger partial charge in [0.05, 0.1) is 30.0 Å². The van der Waals surface area contributed by atoms with Crippen LogP contribution in [0.4, 0.5) is 0 Å². The third-order valence-corrected chi connectivity index (χ3v) is 3.13. The van der Waals surface area contributed by atoms with Gasteiger partial charge >= 0.3 is 0 Å². The van der Waals surface area contributed by atoms with Crippen molar-refractivity contribution in [3.63, 3.8) is 0 Å². The third kappa shape index (κ3) is 1.78. The normalized spacial score (nSPS) is 13.3. The summed E-state index contributed by atoms with van der Waals surface area (Å²) in [5, 5.41) is 9.04. The van der Waals surface area contributed by atoms with Crippen molar-refractivity contribution in [1.29, 1.82) is 0 Å². The lowest BCUT2D eigenvalue weighted by atomic mass is 10.1. The van der Waals surface area contributed by atoms with Gasteiger partial charge in [-0.05, 0) is 17.7 Å². The molecule has 3 N–H and O–H groups in total. The second-order valence-corrected chi connectivity index (χ2v) is 4.36. The van der Waals surface area contributed by atoms with Gasteiger partial charge < -0.3 is 15.4 Å². The molecule has 0 bridgehead atoms. The molecule has 0 saturated heterocycles. The Hall–Kier alpha value is -0.910. The fraction of sp³-hybridized carbons (Fsp3) is 0.300. The molecule has 2 aromatic rings. The summed E-state index contributed by atoms with van der Waals surface area (Å²) in [5.74, 6) is 0. The Morgan fingerprint density at radius 2 is 2.33 bits per heavy atom. The van der Waals surface area contributed by atoms with E-state index in [2.05, 4.69) is 20.9 Å². The lowest BCUT2D eigenvalue weighted by molar-refractivity contribution is 0.267. The zero-order valence-corrected chi connectivity index (χ0v) is 9.90. The Bertz CT molecular complexity index is 495. The molecular formula is C10H12BrN3O. The van der Waals surface area contributed by atoms with Crippen LogP contribution in [-0.4, -0.2) is 21.3 Å². The van der Waals surface area contributed by atoms with Crippen LogP contribution in [0.2, 0.25) is 0 Å². The Balaban J connectivity index is 2.64. The van der Waals surface area contributed by atoms with Crippen molar-refractivity contribution in [1.82, 2.24) is 9.55 Å². The van der Waals surface area contributed by atoms with Gasteiger partial charge in [-0.25, -0.2) is 4.98 Å². The number of rotatable bonds is 2. The van der Waals surface area contributed by atoms with E-state index in [1.54, 1.807) is 6.33 Å². The van der Waals surface area contributed by atoms with E-state index in [4.69, 9.17) is 10.8 Å². The number of aryl methyl sites for hydroxylation is 1. The van der Waals surface area contributed by atoms with Gasteiger partial charge in [-0.2, -0.15) is 0 Å². The first kappa shape index (κ1) is 10.6. The summed E-state index contributed by atoms with van der Waals surface area (Å²) in [4.78, 5) is 4.23. The number of hydrogen-bond donors (Lipinski definition) is 2. The molecule has 0 fully saturated rings. The van der Waals surface area contributed by atoms with Crippen LogP contribution in [0, 0.1) is 0 Å². The second kappa shape index (κ2) is 3.92. The van der Waals surface area contributed by atoms with Crippen LogP contribution in [0.1, 0.15) is 11.6 Å². The van der Waals surface area contributed by atoms with Gasteiger partial charge in [0.25, 0.3) is 0 Å². The van der Waals surface area contributed by atoms with E-state index < -0.39 is 0 Å². The summed E-state index contributed by atoms with van der Waals surface area (Å²) < 4.78 is 2.81. The fourth-order valence-corrected chi connectivity index (χ4v) is 2.17. The Morgan fingerprint density at radius 3 is 3.00 bits per heavy atom. The highest BCUT2D eigenvalue weighted by atomic mass is 79.9. The number of imidazole rings is 1. The Morgan fingerprint density at radius 1 is 1.60 bits per heavy atom. The minimum atomic E-state index is -0.362. The van der Waals surface area contributed by atoms with Crippen LogP contribution in [-0.2, 0) is 7.05 Å². The number of aliphatic hydroxyl groups is 1. The summed E-state index contributed by atoms with van der Waals surface area (Å²) in [5.41, 5.74) is 8.62. The molecule has 0 amide bonds. The van der Waals surface area contributed by atoms with Crippen molar-refractivity contribution in [3.05, 3.63) is 28.5 Å². The summed E-state index contributed by atoms with van der Waals surface area (Å²) in [7, 11) is 1.93. The van der Waals surface area contributed by atoms with Crippen LogP contribution in [0.25, 0.3) is 11.0 Å². The van der Waals surface area contributed by atoms with E-state index in [1.807, 2.05) is 23.7 Å². The van der Waals surface area contributed by atoms with Crippen LogP contribution in [0.3, 0.4) is 0 Å². The molecule has 1 atom stereocenters. The number of nitrogens with two attached hydrogens (primary N) is 1. The smallest absolute Gasteiger partial charge is 0.0955 e. The zero-order valence-electron chi connectivity index (χ0n) is 8.31. The predicted molar refractivity (Wildman–Crippen MR) is 62.4 cm³/mol. The van der Waals surface area contributed by atoms with Crippen molar-refractivity contribution < 1.29 is 5.11 Å². The van der Waals surface area contributed by atoms with E-state index in [0.29, 0.717) is 0 Å². The molecule has 0 radical (unpaired) electrons. The van der Waals surface area contributed by atoms with Crippen LogP contribution < -0.4 is 5.73 Å². The summed E-state index contributed by atoms with van der Waals surface area (Å²) in [6, 6.07) is 3.51. The van der Waals surface area contributed by atoms with Crippen molar-refractivity contribution in [2.75, 3.05) is 6.61 Å². The highest BCUT2D eigenvalue weighted by molar-refractivity contribution is 9.10. The first-order valence-electron chi connectivity index (χ1n) is 4.60. The van der Waals surface area contributed by atoms with Crippen molar-refractivity contribution in [3.8, 4) is 0 Å². The summed E-state index contributed by atoms with van der Waals surface area (Å²) in [6.07, 6.45) is 1.76. The SMILES string of the molecule is Cn1cnc2cc(Br)c(C(N)CO)cc21. The standard InChI is InChI=1S/C10H12BrN3O/c1-14-5-13-9-3-7(11)6(2-10(9)14)8(12)4-15/h2-3,5,8,15H,4,12H2,1H3. The average molecular weight is 270 g/mol. The molecule has 2 rings (SSSR count). The molecule has 5 heteroatoms. The fourth-order valence-electron chi connectivity index (χ4n) is 1.55. The topological polar surface area (TPSA) is 64.1 Å². The van der Waals surface area contributed by atoms with E-state index >= 15 is 0 Å². The van der Waals surface area contributed by atoms with Gasteiger partial charge in [0.15, 0.2) is 0 Å². The minimum absolute atomic E-state index is 0.0675. The summed E-state index contributed by atoms with van der Waals surface area (Å²) in [6.45, 7) is -0.0675. The number of hydrogen-bond acceptors (Lipinski definition) is 3. The van der Waals surface area contributed by atoms with Gasteiger partial charge in [0.1, 0.15) is 0 Å². The molecule has 80 valence electrons. The predicted octanol–water partition coefficient (Wildman–Crippen LogP) is 1.33. The van der Waals surface area contributed by atoms with Gasteiger partial charge in [0.2, 0.25) is 0 Å². The van der Waals surface area contributed by atoms with Crippen LogP contribution in [0.5, 0.6) is 0 Å². The van der Waals surface area contributed by atoms with Crippen LogP contribution >= 0.6 is 15.9 Å². The van der Waals surface area contributed by atoms with E-state index in [0.717, 1.165) is 21.1 Å². The first-order valence-corrected chi connectivity index (χ1v) is 5.39. The molecule has 0 aliphatic rings. The second-order valence-electron chi connectivity index (χ2n) is 3.51. The van der Waals surface area contributed by atoms with E-state index in [1.165, 1.54) is 0 Å². The van der Waals surface area contributed by atoms with Crippen molar-refractivity contribution >= 4 is 27.0 Å². The largest absolute Gasteiger partial charge is 0.394 e. The number of halogens is 1. The Labute approximate surface area is 95.8 Å². The van der Waals surface area contributed by atoms with E-state index in [9.17, 15) is 0 Å². The molecule has 1 heterocycles. The molecule has 0 aliphatic carbocycles. The zero-order chi connectivity index (χ0) is 11.0. The molecular weight excluding hydrogens is 258 g/mol. The van der Waals surface area contributed by atoms with Crippen molar-refractivity contribution in [2.45, 2.75) is 6.04 Å². The van der Waals surface area contributed by atoms with Gasteiger partial charge in [-0.3, -0.25) is 0 Å². The van der Waals surface area contributed by atoms with Gasteiger partial charge in [-0.1, -0.05) is 15.9 Å². The molecule has 15 heavy (non-hydrogen) atoms. The number of aliphatic hydroxyl groups excluding tert-OH is 1. The monoisotopic (exact) mass is 269 g/mol. The maximum atomic E-state index is 9.04. The number of aromatic nitrogens is 2. The third-order valence-electron chi connectivity index (χ3n) is 2.44. The molecule has 0 saturated carbocycles. The molecule has 1 unspecified atom stereocenters. The molecule has 4 nitrogen and oxygen atoms in total. The minimum Gasteiger partial charge on any atom is -0.394 e. The maximum absolute atomic E-state index is 9.04. The quantitative estimate of drug-likeness (QED) is 0.865. The lowest BCUT2D eigenvalue weighted by Crippen LogP contribution is -2.15. The number of nitrogens with zero attached hydrogens (tertiary/aromatic N) is 2. The maximum Gasteiger partial charge on any atom is 0.0955 e. The molecule has 1 aromatic carbocycles. The highest BCUT2D eigenvalue weighted by Gasteiger charge is 2.11. The Kier molecular flexibility index (Phi) is 2.77. The van der Waals surface area contributed by atoms with E-state index in [-0.39, 0.29) is 12.6 Å². The highest BCUT2D eigenvalue weighted by Crippen LogP contribution is 2.27. The molecule has 0 aliphatic heterocycles. The summed E-state index contributed by atoms with van der Waals surface area (Å²) >= 11 is 3.43. The first-order chi connectivity index (χ1) is 7.13.